The van der Waals surface area contributed by atoms with Gasteiger partial charge in [-0.05, 0) is 34.7 Å². The standard InChI is InChI=1S/C9H8IN5O/c10-6-3-1-2-4-7(6)13-9(16)14-8-11-5-12-15-8/h1-5H,(H3,11,12,13,14,15,16). The van der Waals surface area contributed by atoms with Crippen LogP contribution in [-0.2, 0) is 0 Å². The van der Waals surface area contributed by atoms with E-state index in [-0.39, 0.29) is 6.03 Å². The molecule has 0 aliphatic heterocycles. The molecule has 0 fully saturated rings. The van der Waals surface area contributed by atoms with Crippen LogP contribution in [0.25, 0.3) is 0 Å². The van der Waals surface area contributed by atoms with Crippen molar-refractivity contribution in [2.24, 2.45) is 0 Å². The molecule has 3 N–H and O–H groups in total. The molecule has 2 aromatic rings. The third kappa shape index (κ3) is 2.69. The van der Waals surface area contributed by atoms with Crippen molar-refractivity contribution in [2.45, 2.75) is 0 Å². The fraction of sp³-hybridized carbons (Fsp3) is 0. The number of carbonyl (C=O) groups is 1. The molecule has 0 unspecified atom stereocenters. The zero-order valence-corrected chi connectivity index (χ0v) is 10.2. The number of para-hydroxylation sites is 1. The van der Waals surface area contributed by atoms with Gasteiger partial charge in [0.2, 0.25) is 5.95 Å². The van der Waals surface area contributed by atoms with Crippen molar-refractivity contribution in [1.82, 2.24) is 15.2 Å². The lowest BCUT2D eigenvalue weighted by atomic mass is 10.3. The maximum atomic E-state index is 11.5. The van der Waals surface area contributed by atoms with Crippen LogP contribution in [0.5, 0.6) is 0 Å². The van der Waals surface area contributed by atoms with E-state index in [1.54, 1.807) is 0 Å². The first-order valence-corrected chi connectivity index (χ1v) is 5.51. The summed E-state index contributed by atoms with van der Waals surface area (Å²) >= 11 is 2.15. The van der Waals surface area contributed by atoms with Crippen molar-refractivity contribution in [1.29, 1.82) is 0 Å². The minimum atomic E-state index is -0.360. The number of rotatable bonds is 2. The van der Waals surface area contributed by atoms with Crippen LogP contribution < -0.4 is 10.6 Å². The number of urea groups is 1. The van der Waals surface area contributed by atoms with E-state index in [1.807, 2.05) is 24.3 Å². The predicted molar refractivity (Wildman–Crippen MR) is 68.2 cm³/mol. The Morgan fingerprint density at radius 2 is 2.12 bits per heavy atom. The van der Waals surface area contributed by atoms with Crippen LogP contribution in [0.1, 0.15) is 0 Å². The number of hydrogen-bond acceptors (Lipinski definition) is 3. The molecule has 0 aliphatic rings. The lowest BCUT2D eigenvalue weighted by Crippen LogP contribution is -2.20. The van der Waals surface area contributed by atoms with E-state index in [2.05, 4.69) is 48.4 Å². The van der Waals surface area contributed by atoms with E-state index in [9.17, 15) is 4.79 Å². The van der Waals surface area contributed by atoms with E-state index < -0.39 is 0 Å². The Bertz CT molecular complexity index is 484. The summed E-state index contributed by atoms with van der Waals surface area (Å²) < 4.78 is 0.966. The molecule has 2 amide bonds. The van der Waals surface area contributed by atoms with Gasteiger partial charge in [-0.3, -0.25) is 5.32 Å². The number of hydrogen-bond donors (Lipinski definition) is 3. The molecule has 0 atom stereocenters. The number of anilines is 2. The summed E-state index contributed by atoms with van der Waals surface area (Å²) in [6.45, 7) is 0. The molecular formula is C9H8IN5O. The van der Waals surface area contributed by atoms with E-state index >= 15 is 0 Å². The molecule has 1 aromatic heterocycles. The Morgan fingerprint density at radius 1 is 1.31 bits per heavy atom. The number of nitrogens with one attached hydrogen (secondary N) is 3. The second-order valence-electron chi connectivity index (χ2n) is 2.89. The van der Waals surface area contributed by atoms with E-state index in [0.29, 0.717) is 5.95 Å². The fourth-order valence-corrected chi connectivity index (χ4v) is 1.61. The quantitative estimate of drug-likeness (QED) is 0.738. The normalized spacial score (nSPS) is 9.81. The Morgan fingerprint density at radius 3 is 2.81 bits per heavy atom. The number of halogens is 1. The van der Waals surface area contributed by atoms with Crippen molar-refractivity contribution in [3.8, 4) is 0 Å². The highest BCUT2D eigenvalue weighted by molar-refractivity contribution is 14.1. The van der Waals surface area contributed by atoms with Gasteiger partial charge in [0.1, 0.15) is 6.33 Å². The maximum absolute atomic E-state index is 11.5. The van der Waals surface area contributed by atoms with Gasteiger partial charge in [-0.25, -0.2) is 9.89 Å². The number of H-pyrrole nitrogens is 1. The van der Waals surface area contributed by atoms with Crippen LogP contribution in [0.2, 0.25) is 0 Å². The molecule has 0 spiro atoms. The lowest BCUT2D eigenvalue weighted by molar-refractivity contribution is 0.262. The summed E-state index contributed by atoms with van der Waals surface area (Å²) in [5, 5.41) is 11.4. The highest BCUT2D eigenvalue weighted by Crippen LogP contribution is 2.16. The zero-order valence-electron chi connectivity index (χ0n) is 8.07. The molecule has 0 aliphatic carbocycles. The highest BCUT2D eigenvalue weighted by Gasteiger charge is 2.05. The monoisotopic (exact) mass is 329 g/mol. The van der Waals surface area contributed by atoms with Crippen LogP contribution in [-0.4, -0.2) is 21.2 Å². The predicted octanol–water partition coefficient (Wildman–Crippen LogP) is 2.05. The van der Waals surface area contributed by atoms with Crippen LogP contribution in [0.15, 0.2) is 30.6 Å². The van der Waals surface area contributed by atoms with Gasteiger partial charge in [0.05, 0.1) is 5.69 Å². The highest BCUT2D eigenvalue weighted by atomic mass is 127. The van der Waals surface area contributed by atoms with Gasteiger partial charge in [-0.15, -0.1) is 0 Å². The van der Waals surface area contributed by atoms with Crippen molar-refractivity contribution in [2.75, 3.05) is 10.6 Å². The Kier molecular flexibility index (Phi) is 3.34. The summed E-state index contributed by atoms with van der Waals surface area (Å²) in [6, 6.07) is 7.13. The van der Waals surface area contributed by atoms with Crippen molar-refractivity contribution >= 4 is 40.3 Å². The number of benzene rings is 1. The van der Waals surface area contributed by atoms with Crippen LogP contribution in [0, 0.1) is 3.57 Å². The van der Waals surface area contributed by atoms with Crippen molar-refractivity contribution < 1.29 is 4.79 Å². The molecule has 16 heavy (non-hydrogen) atoms. The summed E-state index contributed by atoms with van der Waals surface area (Å²) in [5.74, 6) is 0.309. The fourth-order valence-electron chi connectivity index (χ4n) is 1.09. The zero-order chi connectivity index (χ0) is 11.4. The number of nitrogens with zero attached hydrogens (tertiary/aromatic N) is 2. The van der Waals surface area contributed by atoms with Crippen molar-refractivity contribution in [3.05, 3.63) is 34.2 Å². The minimum Gasteiger partial charge on any atom is -0.307 e. The van der Waals surface area contributed by atoms with E-state index in [1.165, 1.54) is 6.33 Å². The molecule has 2 rings (SSSR count). The third-order valence-corrected chi connectivity index (χ3v) is 2.71. The summed E-state index contributed by atoms with van der Waals surface area (Å²) in [5.41, 5.74) is 0.750. The third-order valence-electron chi connectivity index (χ3n) is 1.77. The van der Waals surface area contributed by atoms with Crippen LogP contribution in [0.3, 0.4) is 0 Å². The van der Waals surface area contributed by atoms with Crippen LogP contribution in [0.4, 0.5) is 16.4 Å². The topological polar surface area (TPSA) is 82.7 Å². The molecule has 82 valence electrons. The first kappa shape index (κ1) is 10.9. The van der Waals surface area contributed by atoms with E-state index in [4.69, 9.17) is 0 Å². The molecule has 6 nitrogen and oxygen atoms in total. The first-order chi connectivity index (χ1) is 7.75. The Labute approximate surface area is 105 Å². The van der Waals surface area contributed by atoms with Crippen molar-refractivity contribution in [3.63, 3.8) is 0 Å². The van der Waals surface area contributed by atoms with Gasteiger partial charge >= 0.3 is 6.03 Å². The summed E-state index contributed by atoms with van der Waals surface area (Å²) in [7, 11) is 0. The van der Waals surface area contributed by atoms with Gasteiger partial charge < -0.3 is 5.32 Å². The van der Waals surface area contributed by atoms with E-state index in [0.717, 1.165) is 9.26 Å². The molecule has 1 aromatic carbocycles. The summed E-state index contributed by atoms with van der Waals surface area (Å²) in [4.78, 5) is 15.3. The van der Waals surface area contributed by atoms with Gasteiger partial charge in [0.25, 0.3) is 0 Å². The van der Waals surface area contributed by atoms with Gasteiger partial charge in [0, 0.05) is 3.57 Å². The second kappa shape index (κ2) is 4.92. The first-order valence-electron chi connectivity index (χ1n) is 4.43. The molecule has 0 radical (unpaired) electrons. The van der Waals surface area contributed by atoms with Gasteiger partial charge in [0.15, 0.2) is 0 Å². The van der Waals surface area contributed by atoms with Gasteiger partial charge in [-0.2, -0.15) is 10.1 Å². The largest absolute Gasteiger partial charge is 0.326 e. The molecule has 0 bridgehead atoms. The van der Waals surface area contributed by atoms with Gasteiger partial charge in [-0.1, -0.05) is 12.1 Å². The number of aromatic amines is 1. The average molecular weight is 329 g/mol. The molecule has 1 heterocycles. The minimum absolute atomic E-state index is 0.309. The molecular weight excluding hydrogens is 321 g/mol. The van der Waals surface area contributed by atoms with Crippen LogP contribution >= 0.6 is 22.6 Å². The number of amides is 2. The molecule has 0 saturated carbocycles. The second-order valence-corrected chi connectivity index (χ2v) is 4.06. The smallest absolute Gasteiger partial charge is 0.307 e. The maximum Gasteiger partial charge on any atom is 0.326 e. The Balaban J connectivity index is 2.00. The molecule has 7 heteroatoms. The average Bonchev–Trinajstić information content (AvgIpc) is 2.74. The SMILES string of the molecule is O=C(Nc1ncn[nH]1)Nc1ccccc1I. The molecule has 0 saturated heterocycles. The number of carbonyl (C=O) groups excluding carboxylic acids is 1. The number of aromatic nitrogens is 3. The summed E-state index contributed by atoms with van der Waals surface area (Å²) in [6.07, 6.45) is 1.32. The Hall–Kier alpha value is -1.64. The lowest BCUT2D eigenvalue weighted by Gasteiger charge is -2.06.